The first kappa shape index (κ1) is 20.4. The van der Waals surface area contributed by atoms with E-state index in [1.165, 1.54) is 56.1 Å². The molecule has 0 N–H and O–H groups in total. The predicted molar refractivity (Wildman–Crippen MR) is 116 cm³/mol. The van der Waals surface area contributed by atoms with Gasteiger partial charge in [0, 0.05) is 6.21 Å². The SMILES string of the molecule is CCCCCCCCc1ccc(C=Nc2ccc(C(C)(C)C)cc2)cc1. The van der Waals surface area contributed by atoms with Crippen LogP contribution in [0, 0.1) is 0 Å². The van der Waals surface area contributed by atoms with E-state index >= 15 is 0 Å². The molecule has 140 valence electrons. The molecule has 0 radical (unpaired) electrons. The summed E-state index contributed by atoms with van der Waals surface area (Å²) in [5, 5.41) is 0. The lowest BCUT2D eigenvalue weighted by atomic mass is 9.87. The number of aryl methyl sites for hydroxylation is 1. The molecular weight excluding hydrogens is 314 g/mol. The molecule has 1 nitrogen and oxygen atoms in total. The first-order chi connectivity index (χ1) is 12.5. The van der Waals surface area contributed by atoms with Crippen LogP contribution in [0.4, 0.5) is 5.69 Å². The van der Waals surface area contributed by atoms with Crippen LogP contribution in [0.3, 0.4) is 0 Å². The minimum atomic E-state index is 0.189. The highest BCUT2D eigenvalue weighted by Gasteiger charge is 2.12. The van der Waals surface area contributed by atoms with E-state index in [4.69, 9.17) is 0 Å². The molecule has 0 saturated heterocycles. The molecule has 0 amide bonds. The fourth-order valence-electron chi connectivity index (χ4n) is 3.08. The van der Waals surface area contributed by atoms with Gasteiger partial charge >= 0.3 is 0 Å². The lowest BCUT2D eigenvalue weighted by Gasteiger charge is -2.18. The van der Waals surface area contributed by atoms with Crippen LogP contribution >= 0.6 is 0 Å². The molecule has 0 fully saturated rings. The van der Waals surface area contributed by atoms with E-state index < -0.39 is 0 Å². The van der Waals surface area contributed by atoms with Crippen molar-refractivity contribution in [2.75, 3.05) is 0 Å². The van der Waals surface area contributed by atoms with E-state index in [-0.39, 0.29) is 5.41 Å². The van der Waals surface area contributed by atoms with Crippen molar-refractivity contribution >= 4 is 11.9 Å². The standard InChI is InChI=1S/C25H35N/c1-5-6-7-8-9-10-11-21-12-14-22(15-13-21)20-26-24-18-16-23(17-19-24)25(2,3)4/h12-20H,5-11H2,1-4H3. The summed E-state index contributed by atoms with van der Waals surface area (Å²) in [4.78, 5) is 4.61. The second-order valence-corrected chi connectivity index (χ2v) is 8.31. The number of unbranched alkanes of at least 4 members (excludes halogenated alkanes) is 5. The predicted octanol–water partition coefficient (Wildman–Crippen LogP) is 7.64. The van der Waals surface area contributed by atoms with E-state index in [1.807, 2.05) is 6.21 Å². The number of benzene rings is 2. The van der Waals surface area contributed by atoms with E-state index in [2.05, 4.69) is 81.2 Å². The van der Waals surface area contributed by atoms with Crippen LogP contribution in [-0.2, 0) is 11.8 Å². The fourth-order valence-corrected chi connectivity index (χ4v) is 3.08. The maximum atomic E-state index is 4.61. The average molecular weight is 350 g/mol. The Morgan fingerprint density at radius 2 is 1.38 bits per heavy atom. The Kier molecular flexibility index (Phi) is 8.09. The van der Waals surface area contributed by atoms with Gasteiger partial charge in [-0.2, -0.15) is 0 Å². The minimum Gasteiger partial charge on any atom is -0.256 e. The van der Waals surface area contributed by atoms with Crippen molar-refractivity contribution in [3.63, 3.8) is 0 Å². The van der Waals surface area contributed by atoms with Crippen molar-refractivity contribution in [1.82, 2.24) is 0 Å². The average Bonchev–Trinajstić information content (AvgIpc) is 2.63. The maximum Gasteiger partial charge on any atom is 0.0630 e. The maximum absolute atomic E-state index is 4.61. The van der Waals surface area contributed by atoms with Crippen molar-refractivity contribution < 1.29 is 0 Å². The molecule has 0 heterocycles. The molecule has 2 aromatic rings. The summed E-state index contributed by atoms with van der Waals surface area (Å²) in [6.45, 7) is 8.97. The van der Waals surface area contributed by atoms with Gasteiger partial charge in [0.25, 0.3) is 0 Å². The summed E-state index contributed by atoms with van der Waals surface area (Å²) in [6.07, 6.45) is 11.3. The summed E-state index contributed by atoms with van der Waals surface area (Å²) in [5.74, 6) is 0. The quantitative estimate of drug-likeness (QED) is 0.326. The third-order valence-electron chi connectivity index (χ3n) is 4.89. The van der Waals surface area contributed by atoms with Crippen molar-refractivity contribution in [1.29, 1.82) is 0 Å². The Morgan fingerprint density at radius 1 is 0.769 bits per heavy atom. The number of aliphatic imine (C=N–C) groups is 1. The monoisotopic (exact) mass is 349 g/mol. The van der Waals surface area contributed by atoms with E-state index in [9.17, 15) is 0 Å². The van der Waals surface area contributed by atoms with Gasteiger partial charge in [0.1, 0.15) is 0 Å². The summed E-state index contributed by atoms with van der Waals surface area (Å²) < 4.78 is 0. The van der Waals surface area contributed by atoms with E-state index in [0.29, 0.717) is 0 Å². The van der Waals surface area contributed by atoms with Crippen LogP contribution in [0.1, 0.15) is 82.9 Å². The molecule has 0 unspecified atom stereocenters. The summed E-state index contributed by atoms with van der Waals surface area (Å²) in [6, 6.07) is 17.4. The van der Waals surface area contributed by atoms with Gasteiger partial charge in [0.05, 0.1) is 5.69 Å². The van der Waals surface area contributed by atoms with Gasteiger partial charge in [-0.3, -0.25) is 4.99 Å². The Balaban J connectivity index is 1.82. The van der Waals surface area contributed by atoms with Crippen molar-refractivity contribution in [3.8, 4) is 0 Å². The first-order valence-corrected chi connectivity index (χ1v) is 10.2. The number of hydrogen-bond donors (Lipinski definition) is 0. The van der Waals surface area contributed by atoms with Crippen LogP contribution < -0.4 is 0 Å². The molecule has 26 heavy (non-hydrogen) atoms. The lowest BCUT2D eigenvalue weighted by Crippen LogP contribution is -2.10. The minimum absolute atomic E-state index is 0.189. The third kappa shape index (κ3) is 7.15. The van der Waals surface area contributed by atoms with Crippen LogP contribution in [0.5, 0.6) is 0 Å². The summed E-state index contributed by atoms with van der Waals surface area (Å²) in [5.41, 5.74) is 5.14. The van der Waals surface area contributed by atoms with Crippen LogP contribution in [-0.4, -0.2) is 6.21 Å². The lowest BCUT2D eigenvalue weighted by molar-refractivity contribution is 0.590. The molecule has 0 atom stereocenters. The zero-order valence-electron chi connectivity index (χ0n) is 17.1. The Hall–Kier alpha value is -1.89. The Morgan fingerprint density at radius 3 is 2.00 bits per heavy atom. The third-order valence-corrected chi connectivity index (χ3v) is 4.89. The highest BCUT2D eigenvalue weighted by atomic mass is 14.7. The van der Waals surface area contributed by atoms with Gasteiger partial charge in [-0.05, 0) is 47.1 Å². The Labute approximate surface area is 160 Å². The molecule has 0 aliphatic carbocycles. The molecule has 0 aliphatic heterocycles. The largest absolute Gasteiger partial charge is 0.256 e. The zero-order valence-corrected chi connectivity index (χ0v) is 17.1. The molecule has 0 aliphatic rings. The van der Waals surface area contributed by atoms with Gasteiger partial charge in [-0.25, -0.2) is 0 Å². The second kappa shape index (κ2) is 10.3. The van der Waals surface area contributed by atoms with E-state index in [0.717, 1.165) is 11.3 Å². The second-order valence-electron chi connectivity index (χ2n) is 8.31. The number of rotatable bonds is 9. The van der Waals surface area contributed by atoms with Crippen molar-refractivity contribution in [2.45, 2.75) is 78.1 Å². The highest BCUT2D eigenvalue weighted by molar-refractivity contribution is 5.81. The number of nitrogens with zero attached hydrogens (tertiary/aromatic N) is 1. The molecule has 2 rings (SSSR count). The van der Waals surface area contributed by atoms with Crippen molar-refractivity contribution in [3.05, 3.63) is 65.2 Å². The molecule has 1 heteroatoms. The topological polar surface area (TPSA) is 12.4 Å². The van der Waals surface area contributed by atoms with Crippen LogP contribution in [0.25, 0.3) is 0 Å². The highest BCUT2D eigenvalue weighted by Crippen LogP contribution is 2.24. The molecule has 0 spiro atoms. The summed E-state index contributed by atoms with van der Waals surface area (Å²) >= 11 is 0. The first-order valence-electron chi connectivity index (χ1n) is 10.2. The smallest absolute Gasteiger partial charge is 0.0630 e. The molecule has 0 saturated carbocycles. The van der Waals surface area contributed by atoms with Gasteiger partial charge in [0.15, 0.2) is 0 Å². The van der Waals surface area contributed by atoms with E-state index in [1.54, 1.807) is 0 Å². The van der Waals surface area contributed by atoms with Crippen LogP contribution in [0.15, 0.2) is 53.5 Å². The molecular formula is C25H35N. The normalized spacial score (nSPS) is 12.0. The number of hydrogen-bond acceptors (Lipinski definition) is 1. The van der Waals surface area contributed by atoms with Crippen LogP contribution in [0.2, 0.25) is 0 Å². The summed E-state index contributed by atoms with van der Waals surface area (Å²) in [7, 11) is 0. The zero-order chi connectivity index (χ0) is 18.8. The molecule has 2 aromatic carbocycles. The van der Waals surface area contributed by atoms with Gasteiger partial charge < -0.3 is 0 Å². The van der Waals surface area contributed by atoms with Gasteiger partial charge in [-0.1, -0.05) is 96.2 Å². The Bertz CT molecular complexity index is 657. The van der Waals surface area contributed by atoms with Gasteiger partial charge in [-0.15, -0.1) is 0 Å². The molecule has 0 bridgehead atoms. The molecule has 0 aromatic heterocycles. The van der Waals surface area contributed by atoms with Gasteiger partial charge in [0.2, 0.25) is 0 Å². The fraction of sp³-hybridized carbons (Fsp3) is 0.480. The van der Waals surface area contributed by atoms with Crippen molar-refractivity contribution in [2.24, 2.45) is 4.99 Å².